The van der Waals surface area contributed by atoms with E-state index in [0.29, 0.717) is 5.92 Å². The number of aryl methyl sites for hydroxylation is 1. The maximum Gasteiger partial charge on any atom is 0.0323 e. The third kappa shape index (κ3) is 3.57. The quantitative estimate of drug-likeness (QED) is 0.804. The smallest absolute Gasteiger partial charge is 0.0323 e. The SMILES string of the molecule is Cc1ccc(C(N)C2CCCCCCC2)cc1. The van der Waals surface area contributed by atoms with Gasteiger partial charge < -0.3 is 5.73 Å². The van der Waals surface area contributed by atoms with E-state index in [0.717, 1.165) is 0 Å². The number of hydrogen-bond donors (Lipinski definition) is 1. The second-order valence-corrected chi connectivity index (χ2v) is 5.54. The molecule has 1 saturated carbocycles. The van der Waals surface area contributed by atoms with E-state index < -0.39 is 0 Å². The monoisotopic (exact) mass is 231 g/mol. The van der Waals surface area contributed by atoms with Crippen LogP contribution in [0.1, 0.15) is 62.1 Å². The average molecular weight is 231 g/mol. The van der Waals surface area contributed by atoms with Gasteiger partial charge in [-0.15, -0.1) is 0 Å². The number of nitrogens with two attached hydrogens (primary N) is 1. The lowest BCUT2D eigenvalue weighted by molar-refractivity contribution is 0.327. The van der Waals surface area contributed by atoms with Crippen LogP contribution in [-0.2, 0) is 0 Å². The van der Waals surface area contributed by atoms with Crippen LogP contribution in [0.3, 0.4) is 0 Å². The van der Waals surface area contributed by atoms with Gasteiger partial charge in [-0.1, -0.05) is 61.9 Å². The van der Waals surface area contributed by atoms with Crippen LogP contribution >= 0.6 is 0 Å². The number of rotatable bonds is 2. The predicted molar refractivity (Wildman–Crippen MR) is 73.9 cm³/mol. The Morgan fingerprint density at radius 2 is 1.47 bits per heavy atom. The van der Waals surface area contributed by atoms with Gasteiger partial charge in [-0.05, 0) is 31.2 Å². The lowest BCUT2D eigenvalue weighted by Crippen LogP contribution is -2.22. The fourth-order valence-electron chi connectivity index (χ4n) is 2.91. The second-order valence-electron chi connectivity index (χ2n) is 5.54. The number of benzene rings is 1. The van der Waals surface area contributed by atoms with Crippen LogP contribution in [0.4, 0.5) is 0 Å². The van der Waals surface area contributed by atoms with Crippen molar-refractivity contribution in [2.45, 2.75) is 57.9 Å². The third-order valence-electron chi connectivity index (χ3n) is 4.12. The Kier molecular flexibility index (Phi) is 4.61. The van der Waals surface area contributed by atoms with Crippen molar-refractivity contribution in [3.63, 3.8) is 0 Å². The van der Waals surface area contributed by atoms with Crippen molar-refractivity contribution in [3.8, 4) is 0 Å². The average Bonchev–Trinajstić information content (AvgIpc) is 2.29. The molecular formula is C16H25N. The van der Waals surface area contributed by atoms with Crippen LogP contribution in [0.5, 0.6) is 0 Å². The minimum absolute atomic E-state index is 0.244. The minimum atomic E-state index is 0.244. The Bertz CT molecular complexity index is 320. The van der Waals surface area contributed by atoms with Gasteiger partial charge in [0.1, 0.15) is 0 Å². The first-order valence-corrected chi connectivity index (χ1v) is 7.09. The summed E-state index contributed by atoms with van der Waals surface area (Å²) in [6.45, 7) is 2.13. The van der Waals surface area contributed by atoms with Crippen LogP contribution in [-0.4, -0.2) is 0 Å². The van der Waals surface area contributed by atoms with Gasteiger partial charge in [-0.25, -0.2) is 0 Å². The molecule has 0 amide bonds. The van der Waals surface area contributed by atoms with Crippen molar-refractivity contribution < 1.29 is 0 Å². The van der Waals surface area contributed by atoms with Crippen molar-refractivity contribution in [2.75, 3.05) is 0 Å². The topological polar surface area (TPSA) is 26.0 Å². The highest BCUT2D eigenvalue weighted by atomic mass is 14.7. The molecule has 0 spiro atoms. The van der Waals surface area contributed by atoms with Gasteiger partial charge in [0, 0.05) is 6.04 Å². The molecule has 0 radical (unpaired) electrons. The molecule has 1 nitrogen and oxygen atoms in total. The van der Waals surface area contributed by atoms with Gasteiger partial charge in [0.15, 0.2) is 0 Å². The van der Waals surface area contributed by atoms with E-state index in [1.165, 1.54) is 56.1 Å². The first kappa shape index (κ1) is 12.6. The van der Waals surface area contributed by atoms with E-state index in [-0.39, 0.29) is 6.04 Å². The molecule has 1 atom stereocenters. The Labute approximate surface area is 105 Å². The molecule has 94 valence electrons. The van der Waals surface area contributed by atoms with Gasteiger partial charge in [-0.2, -0.15) is 0 Å². The molecular weight excluding hydrogens is 206 g/mol. The number of hydrogen-bond acceptors (Lipinski definition) is 1. The van der Waals surface area contributed by atoms with Crippen molar-refractivity contribution in [1.29, 1.82) is 0 Å². The molecule has 1 aliphatic carbocycles. The van der Waals surface area contributed by atoms with Crippen molar-refractivity contribution in [3.05, 3.63) is 35.4 Å². The summed E-state index contributed by atoms with van der Waals surface area (Å²) in [5, 5.41) is 0. The summed E-state index contributed by atoms with van der Waals surface area (Å²) in [7, 11) is 0. The summed E-state index contributed by atoms with van der Waals surface area (Å²) >= 11 is 0. The van der Waals surface area contributed by atoms with Crippen LogP contribution in [0, 0.1) is 12.8 Å². The molecule has 1 heteroatoms. The van der Waals surface area contributed by atoms with Crippen LogP contribution in [0.25, 0.3) is 0 Å². The van der Waals surface area contributed by atoms with Crippen molar-refractivity contribution >= 4 is 0 Å². The molecule has 2 N–H and O–H groups in total. The van der Waals surface area contributed by atoms with Crippen LogP contribution < -0.4 is 5.73 Å². The molecule has 0 aliphatic heterocycles. The molecule has 1 aromatic carbocycles. The molecule has 0 bridgehead atoms. The Morgan fingerprint density at radius 3 is 2.06 bits per heavy atom. The summed E-state index contributed by atoms with van der Waals surface area (Å²) in [4.78, 5) is 0. The fourth-order valence-corrected chi connectivity index (χ4v) is 2.91. The summed E-state index contributed by atoms with van der Waals surface area (Å²) in [5.41, 5.74) is 9.08. The Morgan fingerprint density at radius 1 is 0.941 bits per heavy atom. The highest BCUT2D eigenvalue weighted by molar-refractivity contribution is 5.24. The summed E-state index contributed by atoms with van der Waals surface area (Å²) in [6, 6.07) is 9.02. The van der Waals surface area contributed by atoms with Crippen LogP contribution in [0.2, 0.25) is 0 Å². The summed E-state index contributed by atoms with van der Waals surface area (Å²) in [6.07, 6.45) is 9.58. The van der Waals surface area contributed by atoms with E-state index in [2.05, 4.69) is 31.2 Å². The zero-order valence-corrected chi connectivity index (χ0v) is 11.0. The van der Waals surface area contributed by atoms with E-state index in [1.807, 2.05) is 0 Å². The van der Waals surface area contributed by atoms with Gasteiger partial charge >= 0.3 is 0 Å². The second kappa shape index (κ2) is 6.20. The van der Waals surface area contributed by atoms with E-state index in [9.17, 15) is 0 Å². The largest absolute Gasteiger partial charge is 0.324 e. The van der Waals surface area contributed by atoms with E-state index in [4.69, 9.17) is 5.73 Å². The van der Waals surface area contributed by atoms with Gasteiger partial charge in [0.05, 0.1) is 0 Å². The van der Waals surface area contributed by atoms with Crippen LogP contribution in [0.15, 0.2) is 24.3 Å². The normalized spacial score (nSPS) is 20.6. The molecule has 1 unspecified atom stereocenters. The first-order valence-electron chi connectivity index (χ1n) is 7.09. The Balaban J connectivity index is 2.01. The zero-order valence-electron chi connectivity index (χ0n) is 11.0. The molecule has 0 saturated heterocycles. The highest BCUT2D eigenvalue weighted by Crippen LogP contribution is 2.31. The fraction of sp³-hybridized carbons (Fsp3) is 0.625. The molecule has 1 fully saturated rings. The maximum atomic E-state index is 6.44. The Hall–Kier alpha value is -0.820. The molecule has 1 aromatic rings. The molecule has 2 rings (SSSR count). The lowest BCUT2D eigenvalue weighted by atomic mass is 9.83. The van der Waals surface area contributed by atoms with Gasteiger partial charge in [0.25, 0.3) is 0 Å². The van der Waals surface area contributed by atoms with Gasteiger partial charge in [-0.3, -0.25) is 0 Å². The first-order chi connectivity index (χ1) is 8.27. The molecule has 0 aromatic heterocycles. The lowest BCUT2D eigenvalue weighted by Gasteiger charge is -2.26. The van der Waals surface area contributed by atoms with E-state index >= 15 is 0 Å². The standard InChI is InChI=1S/C16H25N/c1-13-9-11-15(12-10-13)16(17)14-7-5-3-2-4-6-8-14/h9-12,14,16H,2-8,17H2,1H3. The summed E-state index contributed by atoms with van der Waals surface area (Å²) in [5.74, 6) is 0.693. The molecule has 1 aliphatic rings. The molecule has 0 heterocycles. The molecule has 17 heavy (non-hydrogen) atoms. The van der Waals surface area contributed by atoms with E-state index in [1.54, 1.807) is 0 Å². The minimum Gasteiger partial charge on any atom is -0.324 e. The summed E-state index contributed by atoms with van der Waals surface area (Å²) < 4.78 is 0. The highest BCUT2D eigenvalue weighted by Gasteiger charge is 2.19. The third-order valence-corrected chi connectivity index (χ3v) is 4.12. The zero-order chi connectivity index (χ0) is 12.1. The predicted octanol–water partition coefficient (Wildman–Crippen LogP) is 4.36. The van der Waals surface area contributed by atoms with Crippen molar-refractivity contribution in [1.82, 2.24) is 0 Å². The maximum absolute atomic E-state index is 6.44. The van der Waals surface area contributed by atoms with Crippen molar-refractivity contribution in [2.24, 2.45) is 11.7 Å². The van der Waals surface area contributed by atoms with Gasteiger partial charge in [0.2, 0.25) is 0 Å².